The number of carbonyl (C=O) groups is 1. The lowest BCUT2D eigenvalue weighted by Crippen LogP contribution is -2.37. The van der Waals surface area contributed by atoms with Gasteiger partial charge in [-0.3, -0.25) is 19.1 Å². The van der Waals surface area contributed by atoms with Gasteiger partial charge >= 0.3 is 5.69 Å². The first-order valence-electron chi connectivity index (χ1n) is 10.5. The molecule has 1 aliphatic rings. The predicted octanol–water partition coefficient (Wildman–Crippen LogP) is 0.838. The number of nitrogens with one attached hydrogen (secondary N) is 1. The molecule has 2 atom stereocenters. The molecule has 0 unspecified atom stereocenters. The molecule has 9 heteroatoms. The van der Waals surface area contributed by atoms with E-state index in [0.717, 1.165) is 23.3 Å². The van der Waals surface area contributed by atoms with Crippen molar-refractivity contribution in [3.8, 4) is 0 Å². The number of hydrogen-bond acceptors (Lipinski definition) is 5. The number of rotatable bonds is 5. The number of aliphatic hydroxyl groups excluding tert-OH is 1. The molecule has 2 N–H and O–H groups in total. The highest BCUT2D eigenvalue weighted by Crippen LogP contribution is 2.23. The number of H-pyrrole nitrogens is 1. The quantitative estimate of drug-likeness (QED) is 0.629. The number of aromatic nitrogens is 4. The molecule has 3 heterocycles. The minimum atomic E-state index is -0.901. The van der Waals surface area contributed by atoms with Crippen molar-refractivity contribution in [2.24, 2.45) is 5.92 Å². The minimum Gasteiger partial charge on any atom is -0.389 e. The Balaban J connectivity index is 1.59. The highest BCUT2D eigenvalue weighted by molar-refractivity contribution is 5.81. The van der Waals surface area contributed by atoms with E-state index in [9.17, 15) is 19.5 Å². The number of aryl methyl sites for hydroxylation is 1. The van der Waals surface area contributed by atoms with Crippen LogP contribution in [0, 0.1) is 12.8 Å². The maximum Gasteiger partial charge on any atom is 0.328 e. The Kier molecular flexibility index (Phi) is 5.53. The molecule has 4 rings (SSSR count). The van der Waals surface area contributed by atoms with Gasteiger partial charge in [0.1, 0.15) is 12.4 Å². The Morgan fingerprint density at radius 3 is 2.74 bits per heavy atom. The van der Waals surface area contributed by atoms with E-state index in [1.54, 1.807) is 11.8 Å². The normalized spacial score (nSPS) is 18.9. The third-order valence-electron chi connectivity index (χ3n) is 5.73. The van der Waals surface area contributed by atoms with Crippen LogP contribution < -0.4 is 11.2 Å². The van der Waals surface area contributed by atoms with Crippen LogP contribution in [0.1, 0.15) is 31.3 Å². The van der Waals surface area contributed by atoms with Gasteiger partial charge < -0.3 is 14.6 Å². The first-order chi connectivity index (χ1) is 14.7. The van der Waals surface area contributed by atoms with Gasteiger partial charge in [0.2, 0.25) is 5.91 Å². The SMILES string of the molecule is Cc1cn([C@@H]2CN(C(=O)Cn3c(CC(C)C)nc4ccccc43)C[C@H]2O)c(=O)[nH]c1=O. The van der Waals surface area contributed by atoms with E-state index in [0.29, 0.717) is 11.5 Å². The molecule has 0 saturated carbocycles. The Labute approximate surface area is 179 Å². The number of fused-ring (bicyclic) bond motifs is 1. The maximum absolute atomic E-state index is 13.1. The molecule has 9 nitrogen and oxygen atoms in total. The minimum absolute atomic E-state index is 0.113. The zero-order valence-corrected chi connectivity index (χ0v) is 17.9. The van der Waals surface area contributed by atoms with Gasteiger partial charge in [0.15, 0.2) is 0 Å². The van der Waals surface area contributed by atoms with Gasteiger partial charge in [-0.25, -0.2) is 9.78 Å². The van der Waals surface area contributed by atoms with Crippen molar-refractivity contribution in [3.63, 3.8) is 0 Å². The van der Waals surface area contributed by atoms with Gasteiger partial charge in [-0.15, -0.1) is 0 Å². The summed E-state index contributed by atoms with van der Waals surface area (Å²) in [7, 11) is 0. The Bertz CT molecular complexity index is 1240. The zero-order valence-electron chi connectivity index (χ0n) is 17.9. The van der Waals surface area contributed by atoms with Crippen LogP contribution >= 0.6 is 0 Å². The highest BCUT2D eigenvalue weighted by atomic mass is 16.3. The Hall–Kier alpha value is -3.20. The summed E-state index contributed by atoms with van der Waals surface area (Å²) < 4.78 is 3.25. The van der Waals surface area contributed by atoms with E-state index in [1.807, 2.05) is 28.8 Å². The van der Waals surface area contributed by atoms with E-state index >= 15 is 0 Å². The van der Waals surface area contributed by atoms with Crippen LogP contribution in [0.4, 0.5) is 0 Å². The Morgan fingerprint density at radius 1 is 1.26 bits per heavy atom. The lowest BCUT2D eigenvalue weighted by molar-refractivity contribution is -0.131. The summed E-state index contributed by atoms with van der Waals surface area (Å²) in [6.07, 6.45) is 1.29. The molecule has 2 aromatic heterocycles. The molecule has 1 amide bonds. The molecular weight excluding hydrogens is 398 g/mol. The van der Waals surface area contributed by atoms with Crippen LogP contribution in [0.25, 0.3) is 11.0 Å². The van der Waals surface area contributed by atoms with Crippen molar-refractivity contribution < 1.29 is 9.90 Å². The van der Waals surface area contributed by atoms with Crippen molar-refractivity contribution in [3.05, 3.63) is 62.7 Å². The highest BCUT2D eigenvalue weighted by Gasteiger charge is 2.36. The third-order valence-corrected chi connectivity index (χ3v) is 5.73. The smallest absolute Gasteiger partial charge is 0.328 e. The lowest BCUT2D eigenvalue weighted by atomic mass is 10.1. The van der Waals surface area contributed by atoms with E-state index in [-0.39, 0.29) is 25.5 Å². The first-order valence-corrected chi connectivity index (χ1v) is 10.5. The van der Waals surface area contributed by atoms with Crippen LogP contribution in [0.5, 0.6) is 0 Å². The monoisotopic (exact) mass is 425 g/mol. The molecule has 1 aliphatic heterocycles. The van der Waals surface area contributed by atoms with E-state index in [1.165, 1.54) is 10.8 Å². The van der Waals surface area contributed by atoms with Crippen molar-refractivity contribution in [2.75, 3.05) is 13.1 Å². The number of aromatic amines is 1. The molecule has 164 valence electrons. The number of likely N-dealkylation sites (tertiary alicyclic amines) is 1. The van der Waals surface area contributed by atoms with Gasteiger partial charge in [0.25, 0.3) is 5.56 Å². The summed E-state index contributed by atoms with van der Waals surface area (Å²) in [4.78, 5) is 45.5. The van der Waals surface area contributed by atoms with Crippen LogP contribution in [0.15, 0.2) is 40.1 Å². The van der Waals surface area contributed by atoms with Crippen LogP contribution in [-0.4, -0.2) is 54.2 Å². The molecule has 0 bridgehead atoms. The largest absolute Gasteiger partial charge is 0.389 e. The summed E-state index contributed by atoms with van der Waals surface area (Å²) in [5.41, 5.74) is 1.08. The average Bonchev–Trinajstić information content (AvgIpc) is 3.25. The van der Waals surface area contributed by atoms with Gasteiger partial charge in [-0.05, 0) is 25.0 Å². The van der Waals surface area contributed by atoms with Crippen molar-refractivity contribution in [1.29, 1.82) is 0 Å². The first kappa shape index (κ1) is 21.0. The van der Waals surface area contributed by atoms with Gasteiger partial charge in [0, 0.05) is 31.3 Å². The third kappa shape index (κ3) is 4.05. The number of carbonyl (C=O) groups excluding carboxylic acids is 1. The molecule has 3 aromatic rings. The molecule has 31 heavy (non-hydrogen) atoms. The fraction of sp³-hybridized carbons (Fsp3) is 0.455. The molecule has 0 aliphatic carbocycles. The number of benzene rings is 1. The number of imidazole rings is 1. The van der Waals surface area contributed by atoms with E-state index < -0.39 is 23.4 Å². The average molecular weight is 425 g/mol. The molecule has 1 aromatic carbocycles. The zero-order chi connectivity index (χ0) is 22.3. The predicted molar refractivity (Wildman–Crippen MR) is 116 cm³/mol. The van der Waals surface area contributed by atoms with Crippen molar-refractivity contribution in [1.82, 2.24) is 24.0 Å². The standard InChI is InChI=1S/C22H27N5O4/c1-13(2)8-19-23-15-6-4-5-7-16(15)26(19)12-20(29)25-10-17(18(28)11-25)27-9-14(3)21(30)24-22(27)31/h4-7,9,13,17-18,28H,8,10-12H2,1-3H3,(H,24,30,31)/t17-,18-/m1/s1. The van der Waals surface area contributed by atoms with Crippen LogP contribution in [-0.2, 0) is 17.8 Å². The van der Waals surface area contributed by atoms with Crippen LogP contribution in [0.2, 0.25) is 0 Å². The van der Waals surface area contributed by atoms with E-state index in [4.69, 9.17) is 4.98 Å². The fourth-order valence-corrected chi connectivity index (χ4v) is 4.14. The second kappa shape index (κ2) is 8.14. The number of nitrogens with zero attached hydrogens (tertiary/aromatic N) is 4. The number of aliphatic hydroxyl groups is 1. The number of hydrogen-bond donors (Lipinski definition) is 2. The van der Waals surface area contributed by atoms with Crippen molar-refractivity contribution in [2.45, 2.75) is 45.9 Å². The summed E-state index contributed by atoms with van der Waals surface area (Å²) >= 11 is 0. The van der Waals surface area contributed by atoms with Crippen LogP contribution in [0.3, 0.4) is 0 Å². The second-order valence-electron chi connectivity index (χ2n) is 8.61. The topological polar surface area (TPSA) is 113 Å². The summed E-state index contributed by atoms with van der Waals surface area (Å²) in [6.45, 7) is 6.24. The number of para-hydroxylation sites is 2. The summed E-state index contributed by atoms with van der Waals surface area (Å²) in [6, 6.07) is 7.11. The number of amides is 1. The summed E-state index contributed by atoms with van der Waals surface area (Å²) in [5, 5.41) is 10.6. The fourth-order valence-electron chi connectivity index (χ4n) is 4.14. The summed E-state index contributed by atoms with van der Waals surface area (Å²) in [5.74, 6) is 1.09. The molecular formula is C22H27N5O4. The van der Waals surface area contributed by atoms with Crippen molar-refractivity contribution >= 4 is 16.9 Å². The molecule has 1 saturated heterocycles. The molecule has 1 fully saturated rings. The van der Waals surface area contributed by atoms with Gasteiger partial charge in [-0.2, -0.15) is 0 Å². The lowest BCUT2D eigenvalue weighted by Gasteiger charge is -2.19. The van der Waals surface area contributed by atoms with E-state index in [2.05, 4.69) is 18.8 Å². The van der Waals surface area contributed by atoms with Gasteiger partial charge in [0.05, 0.1) is 23.2 Å². The maximum atomic E-state index is 13.1. The molecule has 0 radical (unpaired) electrons. The second-order valence-corrected chi connectivity index (χ2v) is 8.61. The van der Waals surface area contributed by atoms with Gasteiger partial charge in [-0.1, -0.05) is 26.0 Å². The Morgan fingerprint density at radius 2 is 2.00 bits per heavy atom. The molecule has 0 spiro atoms. The number of β-amino-alcohol motifs (C(OH)–C–C–N with tert-alkyl or cyclic N) is 1.